The van der Waals surface area contributed by atoms with Crippen molar-refractivity contribution in [3.8, 4) is 5.69 Å². The number of aromatic amines is 1. The van der Waals surface area contributed by atoms with Crippen molar-refractivity contribution in [1.29, 1.82) is 0 Å². The molecule has 0 aliphatic carbocycles. The minimum absolute atomic E-state index is 0.685. The van der Waals surface area contributed by atoms with Gasteiger partial charge < -0.3 is 4.98 Å². The van der Waals surface area contributed by atoms with Crippen molar-refractivity contribution >= 4 is 77.7 Å². The van der Waals surface area contributed by atoms with Crippen LogP contribution in [0.25, 0.3) is 16.7 Å². The van der Waals surface area contributed by atoms with E-state index < -0.39 is 0 Å². The first-order chi connectivity index (χ1) is 9.08. The number of para-hydroxylation sites is 1. The summed E-state index contributed by atoms with van der Waals surface area (Å²) in [6, 6.07) is 12.2. The second kappa shape index (κ2) is 5.31. The first-order valence-electron chi connectivity index (χ1n) is 5.42. The zero-order chi connectivity index (χ0) is 13.6. The molecule has 96 valence electrons. The normalized spacial score (nSPS) is 11.1. The molecular weight excluding hydrogens is 503 g/mol. The molecule has 0 aliphatic rings. The Kier molecular flexibility index (Phi) is 3.85. The second-order valence-corrected chi connectivity index (χ2v) is 7.34. The molecule has 2 nitrogen and oxygen atoms in total. The van der Waals surface area contributed by atoms with E-state index in [1.54, 1.807) is 0 Å². The van der Waals surface area contributed by atoms with Crippen LogP contribution in [-0.2, 0) is 0 Å². The van der Waals surface area contributed by atoms with Crippen molar-refractivity contribution in [2.75, 3.05) is 0 Å². The van der Waals surface area contributed by atoms with E-state index in [-0.39, 0.29) is 0 Å². The van der Waals surface area contributed by atoms with Gasteiger partial charge in [-0.05, 0) is 97.0 Å². The molecular formula is C13H7Br2IN2S. The van der Waals surface area contributed by atoms with E-state index >= 15 is 0 Å². The van der Waals surface area contributed by atoms with E-state index in [4.69, 9.17) is 12.2 Å². The quantitative estimate of drug-likeness (QED) is 0.324. The molecule has 6 heteroatoms. The van der Waals surface area contributed by atoms with Crippen molar-refractivity contribution in [1.82, 2.24) is 9.55 Å². The number of imidazole rings is 1. The predicted octanol–water partition coefficient (Wildman–Crippen LogP) is 5.82. The summed E-state index contributed by atoms with van der Waals surface area (Å²) >= 11 is 14.9. The minimum atomic E-state index is 0.685. The lowest BCUT2D eigenvalue weighted by molar-refractivity contribution is 1.05. The fourth-order valence-electron chi connectivity index (χ4n) is 2.01. The number of hydrogen-bond donors (Lipinski definition) is 1. The number of hydrogen-bond acceptors (Lipinski definition) is 1. The molecule has 0 radical (unpaired) electrons. The van der Waals surface area contributed by atoms with E-state index in [0.29, 0.717) is 4.77 Å². The van der Waals surface area contributed by atoms with Crippen molar-refractivity contribution in [2.24, 2.45) is 0 Å². The summed E-state index contributed by atoms with van der Waals surface area (Å²) in [5.74, 6) is 0. The highest BCUT2D eigenvalue weighted by Gasteiger charge is 2.12. The summed E-state index contributed by atoms with van der Waals surface area (Å²) in [5.41, 5.74) is 3.12. The number of halogens is 3. The Balaban J connectivity index is 2.43. The highest BCUT2D eigenvalue weighted by atomic mass is 127. The van der Waals surface area contributed by atoms with Crippen LogP contribution in [0.3, 0.4) is 0 Å². The van der Waals surface area contributed by atoms with Gasteiger partial charge in [0.1, 0.15) is 0 Å². The highest BCUT2D eigenvalue weighted by molar-refractivity contribution is 14.1. The Morgan fingerprint density at radius 2 is 1.79 bits per heavy atom. The summed E-state index contributed by atoms with van der Waals surface area (Å²) in [4.78, 5) is 3.25. The standard InChI is InChI=1S/C13H7Br2IN2S/c14-8-2-1-3-9(15)12(8)18-11-5-4-7(16)6-10(11)17-13(18)19/h1-6H,(H,17,19). The number of nitrogens with one attached hydrogen (secondary N) is 1. The maximum Gasteiger partial charge on any atom is 0.182 e. The second-order valence-electron chi connectivity index (χ2n) is 4.00. The molecule has 0 atom stereocenters. The smallest absolute Gasteiger partial charge is 0.182 e. The molecule has 0 fully saturated rings. The average Bonchev–Trinajstić information content (AvgIpc) is 2.65. The Morgan fingerprint density at radius 3 is 2.47 bits per heavy atom. The van der Waals surface area contributed by atoms with Crippen LogP contribution in [0.15, 0.2) is 45.3 Å². The number of H-pyrrole nitrogens is 1. The molecule has 1 N–H and O–H groups in total. The van der Waals surface area contributed by atoms with Crippen molar-refractivity contribution < 1.29 is 0 Å². The van der Waals surface area contributed by atoms with Crippen LogP contribution in [0.2, 0.25) is 0 Å². The van der Waals surface area contributed by atoms with Gasteiger partial charge in [-0.15, -0.1) is 0 Å². The van der Waals surface area contributed by atoms with Crippen molar-refractivity contribution in [3.05, 3.63) is 53.7 Å². The predicted molar refractivity (Wildman–Crippen MR) is 96.6 cm³/mol. The van der Waals surface area contributed by atoms with Crippen molar-refractivity contribution in [3.63, 3.8) is 0 Å². The molecule has 2 aromatic carbocycles. The molecule has 3 aromatic rings. The van der Waals surface area contributed by atoms with Gasteiger partial charge in [0, 0.05) is 12.5 Å². The van der Waals surface area contributed by atoms with Gasteiger partial charge in [0.15, 0.2) is 4.77 Å². The number of benzene rings is 2. The van der Waals surface area contributed by atoms with Crippen LogP contribution in [0.4, 0.5) is 0 Å². The minimum Gasteiger partial charge on any atom is -0.330 e. The highest BCUT2D eigenvalue weighted by Crippen LogP contribution is 2.32. The third-order valence-corrected chi connectivity index (χ3v) is 5.04. The Hall–Kier alpha value is -0.180. The molecule has 0 saturated carbocycles. The van der Waals surface area contributed by atoms with Gasteiger partial charge >= 0.3 is 0 Å². The van der Waals surface area contributed by atoms with Crippen LogP contribution in [0.1, 0.15) is 0 Å². The Bertz CT molecular complexity index is 818. The molecule has 1 heterocycles. The lowest BCUT2D eigenvalue weighted by Crippen LogP contribution is -1.96. The molecule has 0 unspecified atom stereocenters. The third-order valence-electron chi connectivity index (χ3n) is 2.81. The molecule has 3 rings (SSSR count). The van der Waals surface area contributed by atoms with E-state index in [9.17, 15) is 0 Å². The summed E-state index contributed by atoms with van der Waals surface area (Å²) in [6.07, 6.45) is 0. The first kappa shape index (κ1) is 13.8. The van der Waals surface area contributed by atoms with Crippen LogP contribution < -0.4 is 0 Å². The topological polar surface area (TPSA) is 20.7 Å². The summed E-state index contributed by atoms with van der Waals surface area (Å²) in [6.45, 7) is 0. The van der Waals surface area contributed by atoms with Crippen LogP contribution >= 0.6 is 66.7 Å². The molecule has 0 saturated heterocycles. The van der Waals surface area contributed by atoms with Crippen LogP contribution in [0.5, 0.6) is 0 Å². The number of fused-ring (bicyclic) bond motifs is 1. The van der Waals surface area contributed by atoms with Crippen LogP contribution in [-0.4, -0.2) is 9.55 Å². The molecule has 0 aliphatic heterocycles. The lowest BCUT2D eigenvalue weighted by atomic mass is 10.3. The molecule has 0 bridgehead atoms. The van der Waals surface area contributed by atoms with Gasteiger partial charge in [-0.1, -0.05) is 6.07 Å². The maximum atomic E-state index is 5.46. The largest absolute Gasteiger partial charge is 0.330 e. The summed E-state index contributed by atoms with van der Waals surface area (Å²) in [5, 5.41) is 0. The maximum absolute atomic E-state index is 5.46. The van der Waals surface area contributed by atoms with Gasteiger partial charge in [0.05, 0.1) is 16.7 Å². The Morgan fingerprint density at radius 1 is 1.11 bits per heavy atom. The molecule has 0 amide bonds. The molecule has 19 heavy (non-hydrogen) atoms. The van der Waals surface area contributed by atoms with Crippen LogP contribution in [0, 0.1) is 8.34 Å². The zero-order valence-corrected chi connectivity index (χ0v) is 15.6. The fraction of sp³-hybridized carbons (Fsp3) is 0. The summed E-state index contributed by atoms with van der Waals surface area (Å²) in [7, 11) is 0. The fourth-order valence-corrected chi connectivity index (χ4v) is 4.15. The van der Waals surface area contributed by atoms with E-state index in [2.05, 4.69) is 77.6 Å². The van der Waals surface area contributed by atoms with Gasteiger partial charge in [0.25, 0.3) is 0 Å². The summed E-state index contributed by atoms with van der Waals surface area (Å²) < 4.78 is 5.90. The monoisotopic (exact) mass is 508 g/mol. The van der Waals surface area contributed by atoms with Crippen molar-refractivity contribution in [2.45, 2.75) is 0 Å². The number of aromatic nitrogens is 2. The van der Waals surface area contributed by atoms with E-state index in [0.717, 1.165) is 25.7 Å². The molecule has 1 aromatic heterocycles. The SMILES string of the molecule is S=c1[nH]c2cc(I)ccc2n1-c1c(Br)cccc1Br. The third kappa shape index (κ3) is 2.43. The van der Waals surface area contributed by atoms with Gasteiger partial charge in [-0.2, -0.15) is 0 Å². The molecule has 0 spiro atoms. The van der Waals surface area contributed by atoms with E-state index in [1.165, 1.54) is 3.57 Å². The zero-order valence-electron chi connectivity index (χ0n) is 9.45. The number of nitrogens with zero attached hydrogens (tertiary/aromatic N) is 1. The average molecular weight is 510 g/mol. The number of rotatable bonds is 1. The first-order valence-corrected chi connectivity index (χ1v) is 8.50. The van der Waals surface area contributed by atoms with E-state index in [1.807, 2.05) is 22.8 Å². The lowest BCUT2D eigenvalue weighted by Gasteiger charge is -2.09. The Labute approximate surface area is 145 Å². The van der Waals surface area contributed by atoms with Gasteiger partial charge in [-0.3, -0.25) is 4.57 Å². The van der Waals surface area contributed by atoms with Gasteiger partial charge in [-0.25, -0.2) is 0 Å². The van der Waals surface area contributed by atoms with Gasteiger partial charge in [0.2, 0.25) is 0 Å².